The molecule has 704 valence electrons. The van der Waals surface area contributed by atoms with Gasteiger partial charge in [-0.2, -0.15) is 0 Å². The van der Waals surface area contributed by atoms with Crippen molar-refractivity contribution < 1.29 is 37.3 Å². The Labute approximate surface area is 811 Å². The van der Waals surface area contributed by atoms with E-state index in [1.165, 1.54) is 12.7 Å². The average Bonchev–Trinajstić information content (AvgIpc) is 1.65. The third-order valence-electron chi connectivity index (χ3n) is 22.0. The first-order valence-corrected chi connectivity index (χ1v) is 44.1. The molecule has 44 heteroatoms. The fourth-order valence-electron chi connectivity index (χ4n) is 15.2. The minimum absolute atomic E-state index is 0.218. The Kier molecular flexibility index (Phi) is 24.8. The zero-order chi connectivity index (χ0) is 97.9. The summed E-state index contributed by atoms with van der Waals surface area (Å²) in [4.78, 5) is 132. The number of aryl methyl sites for hydroxylation is 4. The molecule has 0 aliphatic rings. The van der Waals surface area contributed by atoms with Crippen molar-refractivity contribution in [1.29, 1.82) is 0 Å². The second kappa shape index (κ2) is 39.9. The summed E-state index contributed by atoms with van der Waals surface area (Å²) in [6.07, 6.45) is 34.4. The van der Waals surface area contributed by atoms with Crippen LogP contribution in [0.5, 0.6) is 0 Å². The number of benzene rings is 4. The molecule has 4 aromatic carbocycles. The molecule has 0 bridgehead atoms. The summed E-state index contributed by atoms with van der Waals surface area (Å²) < 4.78 is 28.3. The van der Waals surface area contributed by atoms with E-state index in [1.54, 1.807) is 160 Å². The number of hydrogen-bond donors (Lipinski definition) is 12. The lowest BCUT2D eigenvalue weighted by atomic mass is 10.1. The van der Waals surface area contributed by atoms with Gasteiger partial charge in [0.15, 0.2) is 23.1 Å². The van der Waals surface area contributed by atoms with E-state index in [9.17, 15) is 19.2 Å². The van der Waals surface area contributed by atoms with E-state index < -0.39 is 24.1 Å². The van der Waals surface area contributed by atoms with Gasteiger partial charge in [0, 0.05) is 184 Å². The molecule has 144 heavy (non-hydrogen) atoms. The number of fused-ring (bicyclic) bond motifs is 4. The third-order valence-corrected chi connectivity index (χ3v) is 22.0. The van der Waals surface area contributed by atoms with Crippen LogP contribution in [0.3, 0.4) is 0 Å². The first-order valence-electron chi connectivity index (χ1n) is 44.1. The number of aromatic nitrogens is 28. The maximum atomic E-state index is 12.4. The maximum Gasteiger partial charge on any atom is 0.326 e. The number of carbonyl (C=O) groups excluding carboxylic acids is 4. The summed E-state index contributed by atoms with van der Waals surface area (Å²) in [6, 6.07) is 56.8. The Morgan fingerprint density at radius 2 is 0.653 bits per heavy atom. The van der Waals surface area contributed by atoms with Gasteiger partial charge < -0.3 is 59.3 Å². The van der Waals surface area contributed by atoms with Gasteiger partial charge in [0.05, 0.1) is 39.2 Å². The van der Waals surface area contributed by atoms with Crippen LogP contribution in [0, 0.1) is 27.7 Å². The van der Waals surface area contributed by atoms with Gasteiger partial charge in [-0.1, -0.05) is 44.9 Å². The highest BCUT2D eigenvalue weighted by molar-refractivity contribution is 6.03. The number of carbonyl (C=O) groups is 4. The van der Waals surface area contributed by atoms with Gasteiger partial charge in [-0.25, -0.2) is 79.0 Å². The quantitative estimate of drug-likeness (QED) is 0.0337. The highest BCUT2D eigenvalue weighted by Crippen LogP contribution is 2.35. The maximum absolute atomic E-state index is 12.4. The molecule has 0 radical (unpaired) electrons. The van der Waals surface area contributed by atoms with Crippen molar-refractivity contribution in [3.05, 3.63) is 342 Å². The van der Waals surface area contributed by atoms with Crippen LogP contribution in [-0.4, -0.2) is 163 Å². The Morgan fingerprint density at radius 3 is 1.06 bits per heavy atom. The molecular formula is C100H76N36O8. The second-order valence-electron chi connectivity index (χ2n) is 32.1. The molecule has 12 N–H and O–H groups in total. The summed E-state index contributed by atoms with van der Waals surface area (Å²) in [5, 5.41) is 39.4. The van der Waals surface area contributed by atoms with Crippen LogP contribution in [0.2, 0.25) is 0 Å². The molecule has 0 saturated carbocycles. The van der Waals surface area contributed by atoms with Crippen LogP contribution in [0.25, 0.3) is 158 Å². The smallest absolute Gasteiger partial charge is 0.326 e. The number of H-pyrrole nitrogens is 4. The van der Waals surface area contributed by atoms with Crippen LogP contribution >= 0.6 is 0 Å². The van der Waals surface area contributed by atoms with Crippen LogP contribution in [0.15, 0.2) is 337 Å². The van der Waals surface area contributed by atoms with Gasteiger partial charge in [-0.05, 0) is 184 Å². The van der Waals surface area contributed by atoms with Crippen molar-refractivity contribution in [2.45, 2.75) is 27.7 Å². The lowest BCUT2D eigenvalue weighted by Crippen LogP contribution is -2.18. The molecule has 0 saturated heterocycles. The molecule has 8 amide bonds. The van der Waals surface area contributed by atoms with Crippen molar-refractivity contribution in [3.63, 3.8) is 0 Å². The van der Waals surface area contributed by atoms with E-state index in [0.29, 0.717) is 80.0 Å². The van der Waals surface area contributed by atoms with Gasteiger partial charge in [-0.3, -0.25) is 59.5 Å². The van der Waals surface area contributed by atoms with Crippen LogP contribution < -0.4 is 42.5 Å². The minimum Gasteiger partial charge on any atom is -0.354 e. The van der Waals surface area contributed by atoms with Crippen molar-refractivity contribution in [2.24, 2.45) is 0 Å². The van der Waals surface area contributed by atoms with E-state index in [2.05, 4.69) is 164 Å². The Morgan fingerprint density at radius 1 is 0.299 bits per heavy atom. The molecule has 44 nitrogen and oxygen atoms in total. The van der Waals surface area contributed by atoms with E-state index in [4.69, 9.17) is 23.1 Å². The molecule has 0 aliphatic heterocycles. The standard InChI is InChI=1S/C26H20N8O2.2C25H19N9O2.C24H18N10O2/c1-16-14-34(15-29-16)25-20-11-22(31-21(20)8-10-28-25)17-4-6-19(7-5-17)30-26(35)32-24-12-23(33-36-24)18-3-2-9-27-13-18;1-15-13-34(14-28-15)24-22-19(8-10-27-24)30-23(32-22)16-4-6-18(7-5-16)29-25(35)31-21-11-20(33-36-21)17-3-2-9-26-12-17;1-15-12-34(14-29-15)24-19-9-20(31-23(19)27-13-28-24)16-4-6-18(7-5-16)30-25(35)32-22-10-21(33-36-22)17-3-2-8-26-11-17;1-14-11-34(13-28-14)23-20-22(26-12-27-23)32-21(31-20)15-4-6-17(7-5-15)29-24(35)30-19-9-18(33-36-19)16-3-2-8-25-10-16/h2-15,31H,1H3,(H2,30,32,35);2-14H,1H3,(H,30,32)(H2,29,31,35);2-14H,1H3,(H,27,28,31)(H2,30,32,35);2-13H,1H3,(H2,29,30,35)(H,26,27,31,32). The fourth-order valence-corrected chi connectivity index (χ4v) is 15.2. The molecule has 0 fully saturated rings. The number of hydrogen-bond acceptors (Lipinski definition) is 28. The fraction of sp³-hybridized carbons (Fsp3) is 0.0400. The average molecular weight is 1910 g/mol. The number of anilines is 8. The number of imidazole rings is 6. The monoisotopic (exact) mass is 1910 g/mol. The Bertz CT molecular complexity index is 7670. The van der Waals surface area contributed by atoms with Crippen molar-refractivity contribution in [1.82, 2.24) is 139 Å². The van der Waals surface area contributed by atoms with Gasteiger partial charge in [0.25, 0.3) is 0 Å². The summed E-state index contributed by atoms with van der Waals surface area (Å²) >= 11 is 0. The zero-order valence-corrected chi connectivity index (χ0v) is 76.0. The number of amides is 8. The highest BCUT2D eigenvalue weighted by atomic mass is 16.5. The predicted octanol–water partition coefficient (Wildman–Crippen LogP) is 19.3. The molecular weight excluding hydrogens is 1830 g/mol. The Hall–Kier alpha value is -21.3. The molecule has 24 aromatic rings. The summed E-state index contributed by atoms with van der Waals surface area (Å²) in [5.74, 6) is 5.14. The minimum atomic E-state index is -0.462. The van der Waals surface area contributed by atoms with E-state index in [0.717, 1.165) is 123 Å². The van der Waals surface area contributed by atoms with Crippen molar-refractivity contribution >= 4 is 115 Å². The molecule has 20 aromatic heterocycles. The van der Waals surface area contributed by atoms with Gasteiger partial charge in [-0.15, -0.1) is 0 Å². The predicted molar refractivity (Wildman–Crippen MR) is 534 cm³/mol. The molecule has 0 aliphatic carbocycles. The SMILES string of the molecule is Cc1cn(-c2nccc3[nH]c(-c4ccc(NC(=O)Nc5cc(-c6cccnc6)no5)cc4)cc23)cn1.Cc1cn(-c2nccc3[nH]c(-c4ccc(NC(=O)Nc5cc(-c6cccnc6)no5)cc4)nc23)cn1.Cc1cn(-c2ncnc3[nH]c(-c4ccc(NC(=O)Nc5cc(-c6cccnc6)no5)cc4)cc23)cn1.Cc1cn(-c2ncnc3nc(-c4ccc(NC(=O)Nc5cc(-c6cccnc6)no5)cc4)[nH]c23)cn1. The molecule has 24 rings (SSSR count). The van der Waals surface area contributed by atoms with Gasteiger partial charge in [0.2, 0.25) is 23.5 Å². The lowest BCUT2D eigenvalue weighted by Gasteiger charge is -2.06. The number of aromatic amines is 4. The van der Waals surface area contributed by atoms with E-state index in [1.807, 2.05) is 186 Å². The van der Waals surface area contributed by atoms with Crippen molar-refractivity contribution in [2.75, 3.05) is 42.5 Å². The van der Waals surface area contributed by atoms with Crippen LogP contribution in [0.4, 0.5) is 65.5 Å². The summed E-state index contributed by atoms with van der Waals surface area (Å²) in [6.45, 7) is 7.71. The second-order valence-corrected chi connectivity index (χ2v) is 32.1. The number of pyridine rings is 6. The van der Waals surface area contributed by atoms with Gasteiger partial charge in [0.1, 0.15) is 94.9 Å². The number of nitrogens with one attached hydrogen (secondary N) is 12. The molecule has 20 heterocycles. The first-order chi connectivity index (χ1) is 70.5. The van der Waals surface area contributed by atoms with Gasteiger partial charge >= 0.3 is 24.1 Å². The molecule has 0 atom stereocenters. The molecule has 0 spiro atoms. The normalized spacial score (nSPS) is 11.0. The highest BCUT2D eigenvalue weighted by Gasteiger charge is 2.22. The molecule has 0 unspecified atom stereocenters. The van der Waals surface area contributed by atoms with Crippen molar-refractivity contribution in [3.8, 4) is 114 Å². The first kappa shape index (κ1) is 89.3. The number of urea groups is 4. The third kappa shape index (κ3) is 20.5. The van der Waals surface area contributed by atoms with E-state index in [-0.39, 0.29) is 23.5 Å². The topological polar surface area (TPSA) is 558 Å². The summed E-state index contributed by atoms with van der Waals surface area (Å²) in [7, 11) is 0. The van der Waals surface area contributed by atoms with Crippen LogP contribution in [0.1, 0.15) is 22.8 Å². The summed E-state index contributed by atoms with van der Waals surface area (Å²) in [5.41, 5.74) is 21.5. The number of nitrogens with zero attached hydrogens (tertiary/aromatic N) is 24. The lowest BCUT2D eigenvalue weighted by molar-refractivity contribution is 0.260. The van der Waals surface area contributed by atoms with E-state index >= 15 is 0 Å². The zero-order valence-electron chi connectivity index (χ0n) is 76.0. The van der Waals surface area contributed by atoms with Crippen LogP contribution in [-0.2, 0) is 0 Å². The number of rotatable bonds is 20. The largest absolute Gasteiger partial charge is 0.354 e. The Balaban J connectivity index is 0.000000113.